The van der Waals surface area contributed by atoms with Gasteiger partial charge in [0.25, 0.3) is 0 Å². The van der Waals surface area contributed by atoms with Crippen LogP contribution in [0.25, 0.3) is 10.9 Å². The summed E-state index contributed by atoms with van der Waals surface area (Å²) in [4.78, 5) is 7.09. The summed E-state index contributed by atoms with van der Waals surface area (Å²) >= 11 is 7.97. The molecule has 2 heterocycles. The van der Waals surface area contributed by atoms with E-state index < -0.39 is 0 Å². The van der Waals surface area contributed by atoms with Crippen LogP contribution in [-0.2, 0) is 0 Å². The summed E-state index contributed by atoms with van der Waals surface area (Å²) < 4.78 is 0. The van der Waals surface area contributed by atoms with Gasteiger partial charge < -0.3 is 4.90 Å². The Bertz CT molecular complexity index is 726. The molecule has 1 aromatic carbocycles. The van der Waals surface area contributed by atoms with Crippen molar-refractivity contribution in [2.75, 3.05) is 24.2 Å². The average Bonchev–Trinajstić information content (AvgIpc) is 2.79. The van der Waals surface area contributed by atoms with Crippen molar-refractivity contribution in [1.82, 2.24) is 4.98 Å². The molecule has 0 bridgehead atoms. The standard InChI is InChI=1S/C17H18ClN3S/c1-22-14-4-2-3-7-21(11-14)17-8-12(10-19)15-9-13(18)5-6-16(15)20-17/h5-6,8-9,14H,2-4,7,11H2,1H3. The number of thioether (sulfide) groups is 1. The van der Waals surface area contributed by atoms with Crippen LogP contribution in [0.4, 0.5) is 5.82 Å². The van der Waals surface area contributed by atoms with Crippen LogP contribution < -0.4 is 4.90 Å². The minimum absolute atomic E-state index is 0.635. The first-order valence-corrected chi connectivity index (χ1v) is 9.16. The number of halogens is 1. The summed E-state index contributed by atoms with van der Waals surface area (Å²) in [5.41, 5.74) is 1.48. The molecule has 1 aliphatic rings. The van der Waals surface area contributed by atoms with Crippen molar-refractivity contribution >= 4 is 40.1 Å². The van der Waals surface area contributed by atoms with E-state index in [-0.39, 0.29) is 0 Å². The predicted molar refractivity (Wildman–Crippen MR) is 94.8 cm³/mol. The molecule has 0 N–H and O–H groups in total. The largest absolute Gasteiger partial charge is 0.355 e. The van der Waals surface area contributed by atoms with E-state index in [1.807, 2.05) is 36.0 Å². The molecule has 0 radical (unpaired) electrons. The van der Waals surface area contributed by atoms with E-state index in [1.54, 1.807) is 0 Å². The van der Waals surface area contributed by atoms with Crippen molar-refractivity contribution in [2.24, 2.45) is 0 Å². The summed E-state index contributed by atoms with van der Waals surface area (Å²) in [6.45, 7) is 2.01. The minimum atomic E-state index is 0.635. The molecule has 5 heteroatoms. The maximum absolute atomic E-state index is 9.46. The molecule has 2 aromatic rings. The van der Waals surface area contributed by atoms with Crippen molar-refractivity contribution < 1.29 is 0 Å². The Hall–Kier alpha value is -1.44. The molecule has 1 fully saturated rings. The van der Waals surface area contributed by atoms with E-state index >= 15 is 0 Å². The van der Waals surface area contributed by atoms with E-state index in [2.05, 4.69) is 17.2 Å². The summed E-state index contributed by atoms with van der Waals surface area (Å²) in [7, 11) is 0. The van der Waals surface area contributed by atoms with Gasteiger partial charge in [-0.05, 0) is 43.4 Å². The molecule has 1 saturated heterocycles. The van der Waals surface area contributed by atoms with Crippen LogP contribution in [0.3, 0.4) is 0 Å². The lowest BCUT2D eigenvalue weighted by molar-refractivity contribution is 0.736. The number of hydrogen-bond acceptors (Lipinski definition) is 4. The molecule has 22 heavy (non-hydrogen) atoms. The van der Waals surface area contributed by atoms with Gasteiger partial charge in [0.05, 0.1) is 17.1 Å². The summed E-state index contributed by atoms with van der Waals surface area (Å²) in [6, 6.07) is 9.73. The molecular weight excluding hydrogens is 314 g/mol. The number of pyridine rings is 1. The van der Waals surface area contributed by atoms with Gasteiger partial charge in [-0.3, -0.25) is 0 Å². The highest BCUT2D eigenvalue weighted by Gasteiger charge is 2.19. The number of benzene rings is 1. The van der Waals surface area contributed by atoms with Gasteiger partial charge in [-0.15, -0.1) is 0 Å². The monoisotopic (exact) mass is 331 g/mol. The second-order valence-electron chi connectivity index (χ2n) is 5.60. The zero-order chi connectivity index (χ0) is 15.5. The molecule has 0 amide bonds. The van der Waals surface area contributed by atoms with Gasteiger partial charge >= 0.3 is 0 Å². The van der Waals surface area contributed by atoms with Gasteiger partial charge in [0, 0.05) is 28.7 Å². The fourth-order valence-corrected chi connectivity index (χ4v) is 3.85. The predicted octanol–water partition coefficient (Wildman–Crippen LogP) is 4.48. The van der Waals surface area contributed by atoms with Gasteiger partial charge in [0.15, 0.2) is 0 Å². The third-order valence-corrected chi connectivity index (χ3v) is 5.45. The lowest BCUT2D eigenvalue weighted by Crippen LogP contribution is -2.30. The van der Waals surface area contributed by atoms with E-state index in [0.717, 1.165) is 29.8 Å². The number of anilines is 1. The molecule has 1 aromatic heterocycles. The summed E-state index contributed by atoms with van der Waals surface area (Å²) in [5.74, 6) is 0.910. The third-order valence-electron chi connectivity index (χ3n) is 4.16. The lowest BCUT2D eigenvalue weighted by Gasteiger charge is -2.25. The number of fused-ring (bicyclic) bond motifs is 1. The normalized spacial score (nSPS) is 19.0. The smallest absolute Gasteiger partial charge is 0.130 e. The second kappa shape index (κ2) is 6.76. The average molecular weight is 332 g/mol. The second-order valence-corrected chi connectivity index (χ2v) is 7.18. The lowest BCUT2D eigenvalue weighted by atomic mass is 10.1. The Morgan fingerprint density at radius 1 is 1.36 bits per heavy atom. The molecule has 0 aliphatic carbocycles. The Kier molecular flexibility index (Phi) is 4.75. The zero-order valence-electron chi connectivity index (χ0n) is 12.6. The number of hydrogen-bond donors (Lipinski definition) is 0. The van der Waals surface area contributed by atoms with E-state index in [0.29, 0.717) is 15.8 Å². The molecule has 0 spiro atoms. The maximum atomic E-state index is 9.46. The van der Waals surface area contributed by atoms with Gasteiger partial charge in [-0.2, -0.15) is 17.0 Å². The molecule has 3 rings (SSSR count). The molecule has 1 atom stereocenters. The number of rotatable bonds is 2. The van der Waals surface area contributed by atoms with Gasteiger partial charge in [-0.1, -0.05) is 18.0 Å². The highest BCUT2D eigenvalue weighted by atomic mass is 35.5. The Balaban J connectivity index is 2.03. The van der Waals surface area contributed by atoms with Crippen LogP contribution in [0.1, 0.15) is 24.8 Å². The van der Waals surface area contributed by atoms with E-state index in [9.17, 15) is 5.26 Å². The van der Waals surface area contributed by atoms with Crippen molar-refractivity contribution in [3.05, 3.63) is 34.9 Å². The molecule has 1 unspecified atom stereocenters. The van der Waals surface area contributed by atoms with Crippen molar-refractivity contribution in [2.45, 2.75) is 24.5 Å². The fourth-order valence-electron chi connectivity index (χ4n) is 2.94. The van der Waals surface area contributed by atoms with Crippen LogP contribution in [0.15, 0.2) is 24.3 Å². The van der Waals surface area contributed by atoms with Crippen LogP contribution in [0, 0.1) is 11.3 Å². The molecular formula is C17H18ClN3S. The summed E-state index contributed by atoms with van der Waals surface area (Å²) in [6.07, 6.45) is 5.87. The number of nitrogens with zero attached hydrogens (tertiary/aromatic N) is 3. The molecule has 0 saturated carbocycles. The van der Waals surface area contributed by atoms with Crippen LogP contribution in [0.5, 0.6) is 0 Å². The maximum Gasteiger partial charge on any atom is 0.130 e. The van der Waals surface area contributed by atoms with Crippen LogP contribution in [-0.4, -0.2) is 29.6 Å². The number of nitriles is 1. The topological polar surface area (TPSA) is 39.9 Å². The minimum Gasteiger partial charge on any atom is -0.355 e. The first-order valence-electron chi connectivity index (χ1n) is 7.49. The highest BCUT2D eigenvalue weighted by molar-refractivity contribution is 7.99. The van der Waals surface area contributed by atoms with Crippen LogP contribution >= 0.6 is 23.4 Å². The zero-order valence-corrected chi connectivity index (χ0v) is 14.1. The van der Waals surface area contributed by atoms with Crippen molar-refractivity contribution in [3.63, 3.8) is 0 Å². The first kappa shape index (κ1) is 15.5. The molecule has 3 nitrogen and oxygen atoms in total. The van der Waals surface area contributed by atoms with E-state index in [4.69, 9.17) is 16.6 Å². The first-order chi connectivity index (χ1) is 10.7. The summed E-state index contributed by atoms with van der Waals surface area (Å²) in [5, 5.41) is 11.6. The molecule has 114 valence electrons. The van der Waals surface area contributed by atoms with Crippen molar-refractivity contribution in [1.29, 1.82) is 5.26 Å². The van der Waals surface area contributed by atoms with Gasteiger partial charge in [-0.25, -0.2) is 4.98 Å². The van der Waals surface area contributed by atoms with E-state index in [1.165, 1.54) is 19.3 Å². The third kappa shape index (κ3) is 3.16. The SMILES string of the molecule is CSC1CCCCN(c2cc(C#N)c3cc(Cl)ccc3n2)C1. The van der Waals surface area contributed by atoms with Gasteiger partial charge in [0.2, 0.25) is 0 Å². The van der Waals surface area contributed by atoms with Crippen molar-refractivity contribution in [3.8, 4) is 6.07 Å². The fraction of sp³-hybridized carbons (Fsp3) is 0.412. The number of aromatic nitrogens is 1. The quantitative estimate of drug-likeness (QED) is 0.813. The Morgan fingerprint density at radius 2 is 2.23 bits per heavy atom. The van der Waals surface area contributed by atoms with Crippen LogP contribution in [0.2, 0.25) is 5.02 Å². The van der Waals surface area contributed by atoms with Gasteiger partial charge in [0.1, 0.15) is 5.82 Å². The Labute approximate surface area is 140 Å². The molecule has 1 aliphatic heterocycles. The highest BCUT2D eigenvalue weighted by Crippen LogP contribution is 2.28. The Morgan fingerprint density at radius 3 is 3.00 bits per heavy atom.